The zero-order valence-electron chi connectivity index (χ0n) is 11.9. The minimum atomic E-state index is 0.742. The fourth-order valence-electron chi connectivity index (χ4n) is 2.42. The highest BCUT2D eigenvalue weighted by Crippen LogP contribution is 2.26. The number of rotatable bonds is 5. The van der Waals surface area contributed by atoms with Gasteiger partial charge in [-0.2, -0.15) is 5.10 Å². The van der Waals surface area contributed by atoms with Gasteiger partial charge in [-0.3, -0.25) is 4.68 Å². The number of aryl methyl sites for hydroxylation is 1. The van der Waals surface area contributed by atoms with Gasteiger partial charge in [-0.25, -0.2) is 0 Å². The van der Waals surface area contributed by atoms with Gasteiger partial charge in [0.25, 0.3) is 0 Å². The highest BCUT2D eigenvalue weighted by Gasteiger charge is 2.14. The number of benzene rings is 1. The van der Waals surface area contributed by atoms with E-state index in [0.29, 0.717) is 0 Å². The molecule has 3 aromatic rings. The third-order valence-electron chi connectivity index (χ3n) is 3.40. The first-order valence-corrected chi connectivity index (χ1v) is 6.97. The molecule has 0 unspecified atom stereocenters. The van der Waals surface area contributed by atoms with Crippen LogP contribution in [0.15, 0.2) is 41.1 Å². The van der Waals surface area contributed by atoms with Crippen LogP contribution < -0.4 is 5.32 Å². The summed E-state index contributed by atoms with van der Waals surface area (Å²) in [4.78, 5) is 0. The molecule has 4 nitrogen and oxygen atoms in total. The fraction of sp³-hybridized carbons (Fsp3) is 0.312. The molecular formula is C16H19N3O. The zero-order valence-corrected chi connectivity index (χ0v) is 11.9. The van der Waals surface area contributed by atoms with E-state index in [1.807, 2.05) is 29.1 Å². The van der Waals surface area contributed by atoms with Gasteiger partial charge in [0, 0.05) is 17.1 Å². The Kier molecular flexibility index (Phi) is 3.56. The lowest BCUT2D eigenvalue weighted by Crippen LogP contribution is -2.13. The molecule has 3 rings (SSSR count). The highest BCUT2D eigenvalue weighted by atomic mass is 16.3. The van der Waals surface area contributed by atoms with Gasteiger partial charge in [0.05, 0.1) is 19.3 Å². The molecule has 0 saturated carbocycles. The summed E-state index contributed by atoms with van der Waals surface area (Å²) in [5.41, 5.74) is 3.33. The summed E-state index contributed by atoms with van der Waals surface area (Å²) in [6, 6.07) is 8.18. The van der Waals surface area contributed by atoms with E-state index in [2.05, 4.69) is 36.5 Å². The maximum Gasteiger partial charge on any atom is 0.134 e. The molecule has 0 fully saturated rings. The molecule has 0 aliphatic carbocycles. The van der Waals surface area contributed by atoms with E-state index < -0.39 is 0 Å². The van der Waals surface area contributed by atoms with Crippen LogP contribution in [0.25, 0.3) is 11.0 Å². The van der Waals surface area contributed by atoms with Crippen molar-refractivity contribution >= 4 is 11.0 Å². The van der Waals surface area contributed by atoms with Gasteiger partial charge in [-0.1, -0.05) is 25.1 Å². The predicted octanol–water partition coefficient (Wildman–Crippen LogP) is 3.10. The Labute approximate surface area is 118 Å². The SMILES string of the molecule is CCNCc1oc2ccccc2c1Cn1cc(C)cn1. The molecule has 0 spiro atoms. The van der Waals surface area contributed by atoms with Crippen molar-refractivity contribution < 1.29 is 4.42 Å². The number of nitrogens with one attached hydrogen (secondary N) is 1. The number of furan rings is 1. The van der Waals surface area contributed by atoms with Gasteiger partial charge in [0.15, 0.2) is 0 Å². The minimum absolute atomic E-state index is 0.742. The van der Waals surface area contributed by atoms with Gasteiger partial charge in [-0.15, -0.1) is 0 Å². The van der Waals surface area contributed by atoms with E-state index in [-0.39, 0.29) is 0 Å². The molecular weight excluding hydrogens is 250 g/mol. The van der Waals surface area contributed by atoms with Crippen LogP contribution in [0.5, 0.6) is 0 Å². The lowest BCUT2D eigenvalue weighted by atomic mass is 10.1. The van der Waals surface area contributed by atoms with Crippen LogP contribution in [0.3, 0.4) is 0 Å². The number of hydrogen-bond acceptors (Lipinski definition) is 3. The van der Waals surface area contributed by atoms with E-state index in [9.17, 15) is 0 Å². The topological polar surface area (TPSA) is 43.0 Å². The molecule has 1 N–H and O–H groups in total. The van der Waals surface area contributed by atoms with Gasteiger partial charge in [-0.05, 0) is 25.1 Å². The first-order chi connectivity index (χ1) is 9.78. The van der Waals surface area contributed by atoms with E-state index in [1.54, 1.807) is 0 Å². The van der Waals surface area contributed by atoms with Gasteiger partial charge < -0.3 is 9.73 Å². The third-order valence-corrected chi connectivity index (χ3v) is 3.40. The highest BCUT2D eigenvalue weighted by molar-refractivity contribution is 5.82. The summed E-state index contributed by atoms with van der Waals surface area (Å²) in [7, 11) is 0. The summed E-state index contributed by atoms with van der Waals surface area (Å²) in [6.45, 7) is 6.57. The Bertz CT molecular complexity index is 711. The van der Waals surface area contributed by atoms with E-state index >= 15 is 0 Å². The maximum absolute atomic E-state index is 5.98. The molecule has 0 radical (unpaired) electrons. The quantitative estimate of drug-likeness (QED) is 0.774. The molecule has 1 aromatic carbocycles. The van der Waals surface area contributed by atoms with Crippen molar-refractivity contribution in [2.45, 2.75) is 26.9 Å². The molecule has 2 heterocycles. The molecule has 0 aliphatic rings. The van der Waals surface area contributed by atoms with Crippen molar-refractivity contribution in [1.82, 2.24) is 15.1 Å². The lowest BCUT2D eigenvalue weighted by Gasteiger charge is -2.04. The van der Waals surface area contributed by atoms with Crippen LogP contribution >= 0.6 is 0 Å². The lowest BCUT2D eigenvalue weighted by molar-refractivity contribution is 0.508. The summed E-state index contributed by atoms with van der Waals surface area (Å²) in [5, 5.41) is 8.88. The van der Waals surface area contributed by atoms with E-state index in [0.717, 1.165) is 31.0 Å². The van der Waals surface area contributed by atoms with Crippen LogP contribution in [-0.4, -0.2) is 16.3 Å². The smallest absolute Gasteiger partial charge is 0.134 e. The van der Waals surface area contributed by atoms with Crippen LogP contribution in [0.2, 0.25) is 0 Å². The summed E-state index contributed by atoms with van der Waals surface area (Å²) < 4.78 is 7.94. The van der Waals surface area contributed by atoms with Crippen LogP contribution in [-0.2, 0) is 13.1 Å². The molecule has 2 aromatic heterocycles. The normalized spacial score (nSPS) is 11.3. The van der Waals surface area contributed by atoms with Crippen molar-refractivity contribution in [3.05, 3.63) is 53.5 Å². The van der Waals surface area contributed by atoms with E-state index in [1.165, 1.54) is 16.5 Å². The van der Waals surface area contributed by atoms with E-state index in [4.69, 9.17) is 4.42 Å². The van der Waals surface area contributed by atoms with Crippen LogP contribution in [0.1, 0.15) is 23.8 Å². The first kappa shape index (κ1) is 12.9. The molecule has 4 heteroatoms. The standard InChI is InChI=1S/C16H19N3O/c1-3-17-9-16-14(11-19-10-12(2)8-18-19)13-6-4-5-7-15(13)20-16/h4-8,10,17H,3,9,11H2,1-2H3. The number of hydrogen-bond donors (Lipinski definition) is 1. The maximum atomic E-state index is 5.98. The molecule has 0 bridgehead atoms. The predicted molar refractivity (Wildman–Crippen MR) is 79.7 cm³/mol. The number of fused-ring (bicyclic) bond motifs is 1. The zero-order chi connectivity index (χ0) is 13.9. The summed E-state index contributed by atoms with van der Waals surface area (Å²) in [6.07, 6.45) is 3.94. The van der Waals surface area contributed by atoms with Crippen LogP contribution in [0.4, 0.5) is 0 Å². The van der Waals surface area contributed by atoms with Crippen molar-refractivity contribution in [2.75, 3.05) is 6.54 Å². The molecule has 0 atom stereocenters. The Morgan fingerprint density at radius 1 is 1.30 bits per heavy atom. The average Bonchev–Trinajstić information content (AvgIpc) is 3.02. The van der Waals surface area contributed by atoms with Gasteiger partial charge in [0.1, 0.15) is 11.3 Å². The summed E-state index contributed by atoms with van der Waals surface area (Å²) >= 11 is 0. The monoisotopic (exact) mass is 269 g/mol. The van der Waals surface area contributed by atoms with Gasteiger partial charge >= 0.3 is 0 Å². The Balaban J connectivity index is 2.01. The van der Waals surface area contributed by atoms with Crippen molar-refractivity contribution in [2.24, 2.45) is 0 Å². The summed E-state index contributed by atoms with van der Waals surface area (Å²) in [5.74, 6) is 1.00. The number of nitrogens with zero attached hydrogens (tertiary/aromatic N) is 2. The minimum Gasteiger partial charge on any atom is -0.459 e. The molecule has 0 amide bonds. The molecule has 0 saturated heterocycles. The fourth-order valence-corrected chi connectivity index (χ4v) is 2.42. The van der Waals surface area contributed by atoms with Crippen molar-refractivity contribution in [3.8, 4) is 0 Å². The second kappa shape index (κ2) is 5.51. The Morgan fingerprint density at radius 2 is 2.15 bits per heavy atom. The largest absolute Gasteiger partial charge is 0.459 e. The number of para-hydroxylation sites is 1. The van der Waals surface area contributed by atoms with Crippen molar-refractivity contribution in [1.29, 1.82) is 0 Å². The van der Waals surface area contributed by atoms with Gasteiger partial charge in [0.2, 0.25) is 0 Å². The van der Waals surface area contributed by atoms with Crippen molar-refractivity contribution in [3.63, 3.8) is 0 Å². The van der Waals surface area contributed by atoms with Crippen LogP contribution in [0, 0.1) is 6.92 Å². The Hall–Kier alpha value is -2.07. The first-order valence-electron chi connectivity index (χ1n) is 6.97. The molecule has 0 aliphatic heterocycles. The average molecular weight is 269 g/mol. The second-order valence-corrected chi connectivity index (χ2v) is 5.00. The molecule has 20 heavy (non-hydrogen) atoms. The third kappa shape index (κ3) is 2.47. The second-order valence-electron chi connectivity index (χ2n) is 5.00. The number of aromatic nitrogens is 2. The molecule has 104 valence electrons. The Morgan fingerprint density at radius 3 is 2.90 bits per heavy atom.